The second-order valence-electron chi connectivity index (χ2n) is 4.08. The van der Waals surface area contributed by atoms with Crippen molar-refractivity contribution in [3.63, 3.8) is 0 Å². The average Bonchev–Trinajstić information content (AvgIpc) is 3.07. The van der Waals surface area contributed by atoms with Crippen molar-refractivity contribution in [2.75, 3.05) is 0 Å². The van der Waals surface area contributed by atoms with Gasteiger partial charge in [-0.3, -0.25) is 0 Å². The van der Waals surface area contributed by atoms with Crippen LogP contribution in [0.15, 0.2) is 41.1 Å². The number of hydrogen-bond donors (Lipinski definition) is 2. The molecule has 5 nitrogen and oxygen atoms in total. The lowest BCUT2D eigenvalue weighted by Gasteiger charge is -1.97. The fourth-order valence-electron chi connectivity index (χ4n) is 1.71. The minimum atomic E-state index is -0.606. The van der Waals surface area contributed by atoms with E-state index in [-0.39, 0.29) is 23.0 Å². The summed E-state index contributed by atoms with van der Waals surface area (Å²) in [7, 11) is 0. The summed E-state index contributed by atoms with van der Waals surface area (Å²) in [6, 6.07) is 7.51. The van der Waals surface area contributed by atoms with Crippen molar-refractivity contribution in [1.82, 2.24) is 15.1 Å². The van der Waals surface area contributed by atoms with E-state index in [1.807, 2.05) is 12.1 Å². The monoisotopic (exact) mass is 271 g/mol. The molecule has 6 heteroatoms. The van der Waals surface area contributed by atoms with Gasteiger partial charge in [-0.15, -0.1) is 0 Å². The number of hydrogen-bond acceptors (Lipinski definition) is 4. The van der Waals surface area contributed by atoms with Crippen molar-refractivity contribution in [3.8, 4) is 17.1 Å². The number of rotatable bonds is 3. The van der Waals surface area contributed by atoms with Crippen LogP contribution < -0.4 is 0 Å². The van der Waals surface area contributed by atoms with Crippen molar-refractivity contribution in [2.45, 2.75) is 0 Å². The zero-order valence-corrected chi connectivity index (χ0v) is 10.2. The fraction of sp³-hybridized carbons (Fsp3) is 0. The number of H-pyrrole nitrogens is 1. The summed E-state index contributed by atoms with van der Waals surface area (Å²) in [6.45, 7) is 0. The molecule has 0 atom stereocenters. The minimum Gasteiger partial charge on any atom is -0.508 e. The van der Waals surface area contributed by atoms with Crippen molar-refractivity contribution in [1.29, 1.82) is 0 Å². The first kappa shape index (κ1) is 12.2. The number of aromatic nitrogens is 3. The molecule has 0 unspecified atom stereocenters. The maximum Gasteiger partial charge on any atom is 0.251 e. The second-order valence-corrected chi connectivity index (χ2v) is 4.08. The molecule has 0 saturated heterocycles. The van der Waals surface area contributed by atoms with Gasteiger partial charge < -0.3 is 14.6 Å². The van der Waals surface area contributed by atoms with Crippen LogP contribution in [-0.2, 0) is 0 Å². The first-order valence-corrected chi connectivity index (χ1v) is 5.86. The third-order valence-electron chi connectivity index (χ3n) is 2.66. The quantitative estimate of drug-likeness (QED) is 0.767. The second kappa shape index (κ2) is 5.00. The maximum absolute atomic E-state index is 13.6. The van der Waals surface area contributed by atoms with Crippen LogP contribution in [0.3, 0.4) is 0 Å². The van der Waals surface area contributed by atoms with Gasteiger partial charge in [-0.25, -0.2) is 4.39 Å². The Morgan fingerprint density at radius 1 is 1.25 bits per heavy atom. The Kier molecular flexibility index (Phi) is 3.04. The Morgan fingerprint density at radius 3 is 2.90 bits per heavy atom. The summed E-state index contributed by atoms with van der Waals surface area (Å²) in [5.74, 6) is -0.358. The van der Waals surface area contributed by atoms with E-state index in [2.05, 4.69) is 15.1 Å². The molecule has 3 rings (SSSR count). The molecule has 2 N–H and O–H groups in total. The van der Waals surface area contributed by atoms with Gasteiger partial charge in [0, 0.05) is 24.0 Å². The lowest BCUT2D eigenvalue weighted by Crippen LogP contribution is -1.86. The molecule has 2 aromatic heterocycles. The number of halogens is 1. The van der Waals surface area contributed by atoms with Crippen molar-refractivity contribution in [3.05, 3.63) is 53.9 Å². The maximum atomic E-state index is 13.6. The smallest absolute Gasteiger partial charge is 0.251 e. The highest BCUT2D eigenvalue weighted by Crippen LogP contribution is 2.23. The molecule has 0 aliphatic heterocycles. The molecular weight excluding hydrogens is 261 g/mol. The first-order chi connectivity index (χ1) is 9.72. The number of nitrogens with one attached hydrogen (secondary N) is 1. The van der Waals surface area contributed by atoms with Crippen LogP contribution >= 0.6 is 0 Å². The normalized spacial score (nSPS) is 11.2. The van der Waals surface area contributed by atoms with E-state index in [4.69, 9.17) is 9.63 Å². The summed E-state index contributed by atoms with van der Waals surface area (Å²) in [5, 5.41) is 12.9. The Morgan fingerprint density at radius 2 is 2.15 bits per heavy atom. The highest BCUT2D eigenvalue weighted by atomic mass is 19.1. The van der Waals surface area contributed by atoms with E-state index in [9.17, 15) is 4.39 Å². The third kappa shape index (κ3) is 2.44. The summed E-state index contributed by atoms with van der Waals surface area (Å²) in [4.78, 5) is 7.07. The van der Waals surface area contributed by atoms with Crippen LogP contribution in [0, 0.1) is 5.82 Å². The topological polar surface area (TPSA) is 74.9 Å². The van der Waals surface area contributed by atoms with E-state index in [1.165, 1.54) is 12.1 Å². The molecule has 2 heterocycles. The lowest BCUT2D eigenvalue weighted by atomic mass is 10.2. The molecule has 0 aliphatic carbocycles. The Balaban J connectivity index is 1.86. The molecule has 1 aromatic carbocycles. The largest absolute Gasteiger partial charge is 0.508 e. The van der Waals surface area contributed by atoms with Crippen LogP contribution in [-0.4, -0.2) is 20.2 Å². The van der Waals surface area contributed by atoms with Crippen LogP contribution in [0.5, 0.6) is 5.75 Å². The van der Waals surface area contributed by atoms with Gasteiger partial charge in [0.25, 0.3) is 5.89 Å². The molecule has 20 heavy (non-hydrogen) atoms. The van der Waals surface area contributed by atoms with E-state index in [0.717, 1.165) is 11.8 Å². The van der Waals surface area contributed by atoms with Crippen LogP contribution in [0.4, 0.5) is 4.39 Å². The number of aromatic amines is 1. The summed E-state index contributed by atoms with van der Waals surface area (Å²) >= 11 is 0. The lowest BCUT2D eigenvalue weighted by molar-refractivity contribution is 0.411. The van der Waals surface area contributed by atoms with Crippen LogP contribution in [0.1, 0.15) is 11.6 Å². The highest BCUT2D eigenvalue weighted by molar-refractivity contribution is 5.65. The minimum absolute atomic E-state index is 0.133. The molecule has 3 aromatic rings. The van der Waals surface area contributed by atoms with E-state index >= 15 is 0 Å². The number of nitrogens with zero attached hydrogens (tertiary/aromatic N) is 2. The number of benzene rings is 1. The molecule has 0 aliphatic rings. The average molecular weight is 271 g/mol. The standard InChI is InChI=1S/C14H10FN3O2/c15-12-8-10(19)4-5-11(12)14-17-13(20-18-14)6-3-9-2-1-7-16-9/h1-8,16,19H/b6-3+. The molecule has 0 spiro atoms. The van der Waals surface area contributed by atoms with Gasteiger partial charge in [0.15, 0.2) is 0 Å². The SMILES string of the molecule is Oc1ccc(-c2noc(/C=C/c3ccc[nH]3)n2)c(F)c1. The van der Waals surface area contributed by atoms with Crippen LogP contribution in [0.25, 0.3) is 23.5 Å². The molecule has 0 amide bonds. The zero-order valence-electron chi connectivity index (χ0n) is 10.2. The van der Waals surface area contributed by atoms with Gasteiger partial charge in [0.1, 0.15) is 11.6 Å². The molecule has 100 valence electrons. The fourth-order valence-corrected chi connectivity index (χ4v) is 1.71. The number of phenolic OH excluding ortho intramolecular Hbond substituents is 1. The Bertz CT molecular complexity index is 748. The number of aromatic hydroxyl groups is 1. The zero-order chi connectivity index (χ0) is 13.9. The van der Waals surface area contributed by atoms with Crippen molar-refractivity contribution < 1.29 is 14.0 Å². The van der Waals surface area contributed by atoms with E-state index in [0.29, 0.717) is 0 Å². The van der Waals surface area contributed by atoms with Gasteiger partial charge in [0.2, 0.25) is 5.82 Å². The molecule has 0 bridgehead atoms. The molecule has 0 radical (unpaired) electrons. The predicted molar refractivity (Wildman–Crippen MR) is 71.1 cm³/mol. The molecule has 0 fully saturated rings. The third-order valence-corrected chi connectivity index (χ3v) is 2.66. The Labute approximate surface area is 113 Å². The van der Waals surface area contributed by atoms with E-state index < -0.39 is 5.82 Å². The highest BCUT2D eigenvalue weighted by Gasteiger charge is 2.12. The van der Waals surface area contributed by atoms with Gasteiger partial charge >= 0.3 is 0 Å². The Hall–Kier alpha value is -2.89. The summed E-state index contributed by atoms with van der Waals surface area (Å²) < 4.78 is 18.7. The van der Waals surface area contributed by atoms with Crippen molar-refractivity contribution >= 4 is 12.2 Å². The van der Waals surface area contributed by atoms with Crippen molar-refractivity contribution in [2.24, 2.45) is 0 Å². The summed E-state index contributed by atoms with van der Waals surface area (Å²) in [6.07, 6.45) is 5.19. The number of phenols is 1. The predicted octanol–water partition coefficient (Wildman–Crippen LogP) is 3.08. The summed E-state index contributed by atoms with van der Waals surface area (Å²) in [5.41, 5.74) is 1.06. The van der Waals surface area contributed by atoms with E-state index in [1.54, 1.807) is 18.3 Å². The van der Waals surface area contributed by atoms with Gasteiger partial charge in [-0.1, -0.05) is 5.16 Å². The molecule has 0 saturated carbocycles. The van der Waals surface area contributed by atoms with Crippen LogP contribution in [0.2, 0.25) is 0 Å². The van der Waals surface area contributed by atoms with Gasteiger partial charge in [-0.2, -0.15) is 4.98 Å². The first-order valence-electron chi connectivity index (χ1n) is 5.86. The van der Waals surface area contributed by atoms with Gasteiger partial charge in [0.05, 0.1) is 5.56 Å². The van der Waals surface area contributed by atoms with Gasteiger partial charge in [-0.05, 0) is 30.3 Å². The molecular formula is C14H10FN3O2.